The van der Waals surface area contributed by atoms with E-state index in [1.807, 2.05) is 6.92 Å². The Morgan fingerprint density at radius 3 is 1.89 bits per heavy atom. The Hall–Kier alpha value is -3.42. The van der Waals surface area contributed by atoms with Gasteiger partial charge in [0, 0.05) is 13.0 Å². The highest BCUT2D eigenvalue weighted by atomic mass is 16.4. The lowest BCUT2D eigenvalue weighted by atomic mass is 9.95. The molecule has 5 atom stereocenters. The van der Waals surface area contributed by atoms with Crippen LogP contribution in [0.15, 0.2) is 4.99 Å². The summed E-state index contributed by atoms with van der Waals surface area (Å²) in [5.41, 5.74) is 21.5. The van der Waals surface area contributed by atoms with Crippen molar-refractivity contribution >= 4 is 35.6 Å². The van der Waals surface area contributed by atoms with Crippen molar-refractivity contribution in [1.82, 2.24) is 16.0 Å². The summed E-state index contributed by atoms with van der Waals surface area (Å²) in [5.74, 6) is -4.68. The van der Waals surface area contributed by atoms with Gasteiger partial charge in [-0.15, -0.1) is 0 Å². The van der Waals surface area contributed by atoms with Gasteiger partial charge >= 0.3 is 5.97 Å². The Morgan fingerprint density at radius 1 is 0.861 bits per heavy atom. The van der Waals surface area contributed by atoms with Crippen LogP contribution in [0, 0.1) is 11.8 Å². The highest BCUT2D eigenvalue weighted by molar-refractivity contribution is 5.94. The van der Waals surface area contributed by atoms with Crippen LogP contribution in [0.5, 0.6) is 0 Å². The van der Waals surface area contributed by atoms with Gasteiger partial charge in [-0.1, -0.05) is 34.1 Å². The molecule has 0 aromatic carbocycles. The summed E-state index contributed by atoms with van der Waals surface area (Å²) in [5, 5.41) is 17.0. The van der Waals surface area contributed by atoms with Crippen LogP contribution in [0.4, 0.5) is 0 Å². The highest BCUT2D eigenvalue weighted by Crippen LogP contribution is 2.12. The van der Waals surface area contributed by atoms with Crippen molar-refractivity contribution in [2.24, 2.45) is 39.8 Å². The van der Waals surface area contributed by atoms with E-state index in [9.17, 15) is 29.1 Å². The number of aliphatic carboxylic acids is 1. The maximum absolute atomic E-state index is 13.1. The quantitative estimate of drug-likeness (QED) is 0.0598. The Labute approximate surface area is 211 Å². The summed E-state index contributed by atoms with van der Waals surface area (Å²) in [6, 6.07) is -4.33. The molecule has 0 saturated heterocycles. The largest absolute Gasteiger partial charge is 0.480 e. The second-order valence-electron chi connectivity index (χ2n) is 9.06. The topological polar surface area (TPSA) is 258 Å². The van der Waals surface area contributed by atoms with Crippen LogP contribution in [-0.2, 0) is 24.0 Å². The average molecular weight is 515 g/mol. The number of nitrogens with two attached hydrogens (primary N) is 4. The van der Waals surface area contributed by atoms with Gasteiger partial charge in [-0.3, -0.25) is 24.2 Å². The molecule has 0 saturated carbocycles. The van der Waals surface area contributed by atoms with Gasteiger partial charge in [0.2, 0.25) is 23.6 Å². The van der Waals surface area contributed by atoms with E-state index in [0.29, 0.717) is 19.4 Å². The minimum Gasteiger partial charge on any atom is -0.480 e. The van der Waals surface area contributed by atoms with Crippen molar-refractivity contribution in [2.45, 2.75) is 84.0 Å². The number of primary amides is 1. The molecule has 0 spiro atoms. The molecule has 0 rings (SSSR count). The van der Waals surface area contributed by atoms with Crippen LogP contribution in [0.1, 0.15) is 59.8 Å². The number of aliphatic imine (C=N–C) groups is 1. The van der Waals surface area contributed by atoms with Gasteiger partial charge in [0.25, 0.3) is 0 Å². The van der Waals surface area contributed by atoms with Crippen molar-refractivity contribution in [3.05, 3.63) is 0 Å². The fourth-order valence-electron chi connectivity index (χ4n) is 3.20. The van der Waals surface area contributed by atoms with Crippen LogP contribution < -0.4 is 38.9 Å². The molecular weight excluding hydrogens is 472 g/mol. The van der Waals surface area contributed by atoms with Gasteiger partial charge in [0.05, 0.1) is 6.04 Å². The zero-order valence-corrected chi connectivity index (χ0v) is 21.5. The van der Waals surface area contributed by atoms with Crippen molar-refractivity contribution in [1.29, 1.82) is 0 Å². The van der Waals surface area contributed by atoms with Gasteiger partial charge < -0.3 is 44.0 Å². The molecule has 0 radical (unpaired) electrons. The number of carboxylic acids is 1. The Morgan fingerprint density at radius 2 is 1.42 bits per heavy atom. The van der Waals surface area contributed by atoms with Crippen LogP contribution in [-0.4, -0.2) is 71.4 Å². The van der Waals surface area contributed by atoms with Crippen molar-refractivity contribution in [3.63, 3.8) is 0 Å². The molecule has 0 bridgehead atoms. The van der Waals surface area contributed by atoms with Gasteiger partial charge in [0.15, 0.2) is 5.96 Å². The number of hydrogen-bond acceptors (Lipinski definition) is 7. The van der Waals surface area contributed by atoms with E-state index >= 15 is 0 Å². The lowest BCUT2D eigenvalue weighted by Crippen LogP contribution is -2.59. The molecule has 0 aliphatic heterocycles. The van der Waals surface area contributed by atoms with Crippen LogP contribution in [0.25, 0.3) is 0 Å². The van der Waals surface area contributed by atoms with Crippen molar-refractivity contribution in [3.8, 4) is 0 Å². The average Bonchev–Trinajstić information content (AvgIpc) is 2.79. The first-order valence-electron chi connectivity index (χ1n) is 11.9. The van der Waals surface area contributed by atoms with E-state index in [4.69, 9.17) is 22.9 Å². The maximum atomic E-state index is 13.1. The number of nitrogens with one attached hydrogen (secondary N) is 3. The molecule has 4 amide bonds. The van der Waals surface area contributed by atoms with Gasteiger partial charge in [-0.2, -0.15) is 0 Å². The molecule has 12 N–H and O–H groups in total. The molecule has 14 heteroatoms. The first-order chi connectivity index (χ1) is 16.7. The van der Waals surface area contributed by atoms with Crippen LogP contribution in [0.3, 0.4) is 0 Å². The summed E-state index contributed by atoms with van der Waals surface area (Å²) in [6.07, 6.45) is 0.821. The van der Waals surface area contributed by atoms with Crippen LogP contribution in [0.2, 0.25) is 0 Å². The SMILES string of the molecule is CCC(C)C(NC(=O)C(NC(=O)C(N)CCCN=C(N)N)C(C)C)C(=O)NC(CCC(N)=O)C(=O)O. The van der Waals surface area contributed by atoms with E-state index in [1.165, 1.54) is 0 Å². The zero-order chi connectivity index (χ0) is 28.0. The molecule has 0 aromatic heterocycles. The number of guanidine groups is 1. The normalized spacial score (nSPS) is 15.1. The monoisotopic (exact) mass is 514 g/mol. The summed E-state index contributed by atoms with van der Waals surface area (Å²) < 4.78 is 0. The van der Waals surface area contributed by atoms with Crippen molar-refractivity contribution in [2.75, 3.05) is 6.54 Å². The molecule has 36 heavy (non-hydrogen) atoms. The first kappa shape index (κ1) is 32.6. The van der Waals surface area contributed by atoms with Gasteiger partial charge in [-0.05, 0) is 31.1 Å². The number of carboxylic acid groups (broad SMARTS) is 1. The molecule has 0 heterocycles. The number of amides is 4. The van der Waals surface area contributed by atoms with Gasteiger partial charge in [0.1, 0.15) is 18.1 Å². The fourth-order valence-corrected chi connectivity index (χ4v) is 3.20. The summed E-state index contributed by atoms with van der Waals surface area (Å²) in [6.45, 7) is 7.27. The maximum Gasteiger partial charge on any atom is 0.326 e. The Balaban J connectivity index is 5.38. The number of rotatable bonds is 17. The predicted molar refractivity (Wildman–Crippen MR) is 134 cm³/mol. The summed E-state index contributed by atoms with van der Waals surface area (Å²) in [7, 11) is 0. The van der Waals surface area contributed by atoms with E-state index in [0.717, 1.165) is 0 Å². The zero-order valence-electron chi connectivity index (χ0n) is 21.5. The molecular formula is C22H42N8O6. The minimum absolute atomic E-state index is 0.0630. The third-order valence-corrected chi connectivity index (χ3v) is 5.64. The standard InChI is InChI=1S/C22H42N8O6/c1-5-12(4)17(20(34)28-14(21(35)36)8-9-15(24)31)30-19(33)16(11(2)3)29-18(32)13(23)7-6-10-27-22(25)26/h11-14,16-17H,5-10,23H2,1-4H3,(H2,24,31)(H,28,34)(H,29,32)(H,30,33)(H,35,36)(H4,25,26,27). The first-order valence-corrected chi connectivity index (χ1v) is 11.9. The molecule has 14 nitrogen and oxygen atoms in total. The van der Waals surface area contributed by atoms with E-state index < -0.39 is 53.8 Å². The second kappa shape index (κ2) is 16.3. The molecule has 206 valence electrons. The highest BCUT2D eigenvalue weighted by Gasteiger charge is 2.33. The number of carbonyl (C=O) groups is 5. The fraction of sp³-hybridized carbons (Fsp3) is 0.727. The lowest BCUT2D eigenvalue weighted by Gasteiger charge is -2.29. The van der Waals surface area contributed by atoms with E-state index in [1.54, 1.807) is 20.8 Å². The predicted octanol–water partition coefficient (Wildman–Crippen LogP) is -2.13. The molecule has 5 unspecified atom stereocenters. The second-order valence-corrected chi connectivity index (χ2v) is 9.06. The Bertz CT molecular complexity index is 799. The van der Waals surface area contributed by atoms with E-state index in [-0.39, 0.29) is 37.1 Å². The molecule has 0 aromatic rings. The molecule has 0 aliphatic carbocycles. The summed E-state index contributed by atoms with van der Waals surface area (Å²) >= 11 is 0. The lowest BCUT2D eigenvalue weighted by molar-refractivity contribution is -0.143. The third kappa shape index (κ3) is 12.3. The van der Waals surface area contributed by atoms with E-state index in [2.05, 4.69) is 20.9 Å². The summed E-state index contributed by atoms with van der Waals surface area (Å²) in [4.78, 5) is 64.9. The van der Waals surface area contributed by atoms with Crippen molar-refractivity contribution < 1.29 is 29.1 Å². The number of nitrogens with zero attached hydrogens (tertiary/aromatic N) is 1. The smallest absolute Gasteiger partial charge is 0.326 e. The molecule has 0 aliphatic rings. The third-order valence-electron chi connectivity index (χ3n) is 5.64. The Kier molecular flexibility index (Phi) is 14.7. The van der Waals surface area contributed by atoms with Gasteiger partial charge in [-0.25, -0.2) is 4.79 Å². The minimum atomic E-state index is -1.36. The van der Waals surface area contributed by atoms with Crippen LogP contribution >= 0.6 is 0 Å². The number of hydrogen-bond donors (Lipinski definition) is 8. The molecule has 0 fully saturated rings. The number of carbonyl (C=O) groups excluding carboxylic acids is 4.